The zero-order valence-corrected chi connectivity index (χ0v) is 13.5. The molecule has 5 N–H and O–H groups in total. The third kappa shape index (κ3) is 3.29. The van der Waals surface area contributed by atoms with Crippen LogP contribution < -0.4 is 11.5 Å². The van der Waals surface area contributed by atoms with E-state index in [1.165, 1.54) is 10.7 Å². The van der Waals surface area contributed by atoms with Gasteiger partial charge in [0.25, 0.3) is 5.91 Å². The zero-order chi connectivity index (χ0) is 17.3. The predicted octanol–water partition coefficient (Wildman–Crippen LogP) is 2.09. The summed E-state index contributed by atoms with van der Waals surface area (Å²) in [5, 5.41) is 13.4. The van der Waals surface area contributed by atoms with Crippen LogP contribution in [0.2, 0.25) is 5.02 Å². The van der Waals surface area contributed by atoms with Crippen LogP contribution in [0.15, 0.2) is 18.2 Å². The van der Waals surface area contributed by atoms with Crippen LogP contribution in [-0.4, -0.2) is 26.8 Å². The largest absolute Gasteiger partial charge is 0.481 e. The Labute approximate surface area is 137 Å². The van der Waals surface area contributed by atoms with Gasteiger partial charge in [-0.25, -0.2) is 4.68 Å². The van der Waals surface area contributed by atoms with Crippen molar-refractivity contribution in [1.82, 2.24) is 9.78 Å². The van der Waals surface area contributed by atoms with E-state index < -0.39 is 11.9 Å². The first-order valence-electron chi connectivity index (χ1n) is 6.90. The number of hydrogen-bond donors (Lipinski definition) is 3. The smallest absolute Gasteiger partial charge is 0.307 e. The number of anilines is 1. The van der Waals surface area contributed by atoms with E-state index in [2.05, 4.69) is 5.10 Å². The summed E-state index contributed by atoms with van der Waals surface area (Å²) in [4.78, 5) is 22.5. The van der Waals surface area contributed by atoms with E-state index in [0.717, 1.165) is 0 Å². The van der Waals surface area contributed by atoms with E-state index in [-0.39, 0.29) is 34.6 Å². The van der Waals surface area contributed by atoms with Crippen LogP contribution in [-0.2, 0) is 11.2 Å². The molecule has 122 valence electrons. The highest BCUT2D eigenvalue weighted by molar-refractivity contribution is 6.33. The first-order chi connectivity index (χ1) is 10.7. The van der Waals surface area contributed by atoms with E-state index in [9.17, 15) is 9.59 Å². The van der Waals surface area contributed by atoms with Crippen LogP contribution in [0.1, 0.15) is 35.8 Å². The highest BCUT2D eigenvalue weighted by Gasteiger charge is 2.24. The number of nitrogens with zero attached hydrogens (tertiary/aromatic N) is 2. The van der Waals surface area contributed by atoms with Gasteiger partial charge < -0.3 is 16.6 Å². The number of carbonyl (C=O) groups excluding carboxylic acids is 1. The van der Waals surface area contributed by atoms with Gasteiger partial charge in [0.1, 0.15) is 17.1 Å². The summed E-state index contributed by atoms with van der Waals surface area (Å²) in [6.07, 6.45) is -0.148. The molecule has 0 saturated carbocycles. The number of hydrogen-bond acceptors (Lipinski definition) is 4. The second-order valence-corrected chi connectivity index (χ2v) is 5.80. The Bertz CT molecular complexity index is 783. The zero-order valence-electron chi connectivity index (χ0n) is 12.7. The minimum absolute atomic E-state index is 0.0630. The molecule has 0 saturated heterocycles. The Kier molecular flexibility index (Phi) is 4.60. The second kappa shape index (κ2) is 6.29. The molecule has 0 unspecified atom stereocenters. The summed E-state index contributed by atoms with van der Waals surface area (Å²) in [7, 11) is 0. The van der Waals surface area contributed by atoms with Crippen molar-refractivity contribution in [3.05, 3.63) is 34.3 Å². The van der Waals surface area contributed by atoms with E-state index in [4.69, 9.17) is 28.2 Å². The molecular formula is C15H17ClN4O3. The Morgan fingerprint density at radius 3 is 2.52 bits per heavy atom. The van der Waals surface area contributed by atoms with Crippen LogP contribution in [0.3, 0.4) is 0 Å². The SMILES string of the molecule is CC(C)n1nc(-c2ccc(CC(=O)O)cc2Cl)c(C(N)=O)c1N. The lowest BCUT2D eigenvalue weighted by Crippen LogP contribution is -2.15. The lowest BCUT2D eigenvalue weighted by atomic mass is 10.0. The quantitative estimate of drug-likeness (QED) is 0.771. The van der Waals surface area contributed by atoms with Crippen molar-refractivity contribution in [2.45, 2.75) is 26.3 Å². The van der Waals surface area contributed by atoms with Crippen molar-refractivity contribution < 1.29 is 14.7 Å². The standard InChI is InChI=1S/C15H17ClN4O3/c1-7(2)20-14(17)12(15(18)23)13(19-20)9-4-3-8(5-10(9)16)6-11(21)22/h3-5,7H,6,17H2,1-2H3,(H2,18,23)(H,21,22). The van der Waals surface area contributed by atoms with Crippen LogP contribution >= 0.6 is 11.6 Å². The average molecular weight is 337 g/mol. The van der Waals surface area contributed by atoms with Crippen LogP contribution in [0.5, 0.6) is 0 Å². The Morgan fingerprint density at radius 2 is 2.04 bits per heavy atom. The first kappa shape index (κ1) is 16.8. The molecular weight excluding hydrogens is 320 g/mol. The van der Waals surface area contributed by atoms with Crippen LogP contribution in [0.25, 0.3) is 11.3 Å². The van der Waals surface area contributed by atoms with Gasteiger partial charge in [-0.1, -0.05) is 23.7 Å². The van der Waals surface area contributed by atoms with Gasteiger partial charge in [-0.05, 0) is 25.5 Å². The fraction of sp³-hybridized carbons (Fsp3) is 0.267. The van der Waals surface area contributed by atoms with Gasteiger partial charge in [0.15, 0.2) is 0 Å². The normalized spacial score (nSPS) is 11.0. The fourth-order valence-corrected chi connectivity index (χ4v) is 2.60. The number of carboxylic acids is 1. The topological polar surface area (TPSA) is 124 Å². The average Bonchev–Trinajstić information content (AvgIpc) is 2.75. The number of aliphatic carboxylic acids is 1. The summed E-state index contributed by atoms with van der Waals surface area (Å²) < 4.78 is 1.50. The molecule has 1 amide bonds. The molecule has 8 heteroatoms. The minimum Gasteiger partial charge on any atom is -0.481 e. The van der Waals surface area contributed by atoms with Gasteiger partial charge >= 0.3 is 5.97 Å². The number of nitrogens with two attached hydrogens (primary N) is 2. The number of amides is 1. The number of carboxylic acid groups (broad SMARTS) is 1. The van der Waals surface area contributed by atoms with Crippen molar-refractivity contribution in [1.29, 1.82) is 0 Å². The van der Waals surface area contributed by atoms with Gasteiger partial charge in [0, 0.05) is 11.6 Å². The van der Waals surface area contributed by atoms with Crippen molar-refractivity contribution in [2.24, 2.45) is 5.73 Å². The van der Waals surface area contributed by atoms with Crippen molar-refractivity contribution in [3.8, 4) is 11.3 Å². The molecule has 2 rings (SSSR count). The highest BCUT2D eigenvalue weighted by Crippen LogP contribution is 2.34. The molecule has 23 heavy (non-hydrogen) atoms. The van der Waals surface area contributed by atoms with Gasteiger partial charge in [0.2, 0.25) is 0 Å². The summed E-state index contributed by atoms with van der Waals surface area (Å²) in [5.41, 5.74) is 12.8. The Hall–Kier alpha value is -2.54. The summed E-state index contributed by atoms with van der Waals surface area (Å²) >= 11 is 6.23. The number of benzene rings is 1. The molecule has 0 radical (unpaired) electrons. The number of carbonyl (C=O) groups is 2. The molecule has 1 heterocycles. The minimum atomic E-state index is -0.958. The maximum atomic E-state index is 11.7. The van der Waals surface area contributed by atoms with E-state index in [1.54, 1.807) is 12.1 Å². The van der Waals surface area contributed by atoms with Crippen molar-refractivity contribution in [3.63, 3.8) is 0 Å². The molecule has 1 aromatic heterocycles. The lowest BCUT2D eigenvalue weighted by molar-refractivity contribution is -0.136. The van der Waals surface area contributed by atoms with Gasteiger partial charge in [0.05, 0.1) is 11.4 Å². The molecule has 1 aromatic carbocycles. The molecule has 0 atom stereocenters. The number of nitrogen functional groups attached to an aromatic ring is 1. The number of rotatable bonds is 5. The predicted molar refractivity (Wildman–Crippen MR) is 87.3 cm³/mol. The number of halogens is 1. The lowest BCUT2D eigenvalue weighted by Gasteiger charge is -2.07. The molecule has 0 bridgehead atoms. The second-order valence-electron chi connectivity index (χ2n) is 5.40. The van der Waals surface area contributed by atoms with Crippen LogP contribution in [0, 0.1) is 0 Å². The third-order valence-corrected chi connectivity index (χ3v) is 3.64. The maximum Gasteiger partial charge on any atom is 0.307 e. The summed E-state index contributed by atoms with van der Waals surface area (Å²) in [5.74, 6) is -1.48. The first-order valence-corrected chi connectivity index (χ1v) is 7.28. The summed E-state index contributed by atoms with van der Waals surface area (Å²) in [6, 6.07) is 4.69. The molecule has 7 nitrogen and oxygen atoms in total. The maximum absolute atomic E-state index is 11.7. The van der Waals surface area contributed by atoms with Crippen molar-refractivity contribution >= 4 is 29.3 Å². The molecule has 0 fully saturated rings. The molecule has 0 spiro atoms. The number of primary amides is 1. The molecule has 0 aliphatic rings. The van der Waals surface area contributed by atoms with Gasteiger partial charge in [-0.3, -0.25) is 9.59 Å². The monoisotopic (exact) mass is 336 g/mol. The fourth-order valence-electron chi connectivity index (χ4n) is 2.31. The molecule has 0 aliphatic heterocycles. The van der Waals surface area contributed by atoms with Crippen LogP contribution in [0.4, 0.5) is 5.82 Å². The van der Waals surface area contributed by atoms with E-state index >= 15 is 0 Å². The van der Waals surface area contributed by atoms with Crippen molar-refractivity contribution in [2.75, 3.05) is 5.73 Å². The Morgan fingerprint density at radius 1 is 1.39 bits per heavy atom. The number of aromatic nitrogens is 2. The van der Waals surface area contributed by atoms with Gasteiger partial charge in [-0.2, -0.15) is 5.10 Å². The van der Waals surface area contributed by atoms with E-state index in [0.29, 0.717) is 11.1 Å². The molecule has 2 aromatic rings. The molecule has 0 aliphatic carbocycles. The Balaban J connectivity index is 2.60. The highest BCUT2D eigenvalue weighted by atomic mass is 35.5. The van der Waals surface area contributed by atoms with E-state index in [1.807, 2.05) is 13.8 Å². The third-order valence-electron chi connectivity index (χ3n) is 3.33. The summed E-state index contributed by atoms with van der Waals surface area (Å²) in [6.45, 7) is 3.74. The van der Waals surface area contributed by atoms with Gasteiger partial charge in [-0.15, -0.1) is 0 Å².